The van der Waals surface area contributed by atoms with Crippen LogP contribution in [0.15, 0.2) is 48.5 Å². The zero-order chi connectivity index (χ0) is 23.1. The molecule has 0 aliphatic carbocycles. The van der Waals surface area contributed by atoms with Crippen LogP contribution in [-0.2, 0) is 19.1 Å². The number of hydrogen-bond acceptors (Lipinski definition) is 8. The van der Waals surface area contributed by atoms with Gasteiger partial charge in [-0.3, -0.25) is 19.3 Å². The third kappa shape index (κ3) is 6.38. The Morgan fingerprint density at radius 2 is 1.69 bits per heavy atom. The summed E-state index contributed by atoms with van der Waals surface area (Å²) in [6.45, 7) is 1.41. The Bertz CT molecular complexity index is 1020. The first kappa shape index (κ1) is 23.4. The molecule has 2 aromatic carbocycles. The maximum absolute atomic E-state index is 12.2. The van der Waals surface area contributed by atoms with Crippen molar-refractivity contribution in [2.45, 2.75) is 6.92 Å². The normalized spacial score (nSPS) is 13.1. The van der Waals surface area contributed by atoms with E-state index < -0.39 is 18.5 Å². The number of thiocarbonyl (C=S) groups is 1. The number of rotatable bonds is 8. The Morgan fingerprint density at radius 1 is 1.06 bits per heavy atom. The van der Waals surface area contributed by atoms with Crippen LogP contribution in [0.1, 0.15) is 17.3 Å². The number of thioether (sulfide) groups is 1. The van der Waals surface area contributed by atoms with Crippen molar-refractivity contribution in [1.82, 2.24) is 10.2 Å². The molecule has 2 amide bonds. The molecule has 0 bridgehead atoms. The van der Waals surface area contributed by atoms with Crippen LogP contribution < -0.4 is 10.1 Å². The van der Waals surface area contributed by atoms with Crippen molar-refractivity contribution in [2.75, 3.05) is 25.4 Å². The molecule has 1 saturated heterocycles. The molecule has 10 heteroatoms. The molecule has 8 nitrogen and oxygen atoms in total. The van der Waals surface area contributed by atoms with Gasteiger partial charge in [0.05, 0.1) is 11.3 Å². The van der Waals surface area contributed by atoms with Gasteiger partial charge in [-0.05, 0) is 35.4 Å². The lowest BCUT2D eigenvalue weighted by Crippen LogP contribution is -2.38. The number of amides is 2. The van der Waals surface area contributed by atoms with Crippen LogP contribution in [-0.4, -0.2) is 58.4 Å². The molecule has 32 heavy (non-hydrogen) atoms. The van der Waals surface area contributed by atoms with Crippen molar-refractivity contribution in [3.05, 3.63) is 54.1 Å². The highest BCUT2D eigenvalue weighted by molar-refractivity contribution is 8.23. The predicted octanol–water partition coefficient (Wildman–Crippen LogP) is 2.41. The fourth-order valence-corrected chi connectivity index (χ4v) is 3.97. The molecule has 1 aliphatic rings. The fourth-order valence-electron chi connectivity index (χ4n) is 2.85. The highest BCUT2D eigenvalue weighted by atomic mass is 32.2. The molecule has 2 aromatic rings. The summed E-state index contributed by atoms with van der Waals surface area (Å²) in [5, 5.41) is 2.59. The average Bonchev–Trinajstić information content (AvgIpc) is 3.10. The van der Waals surface area contributed by atoms with E-state index in [9.17, 15) is 19.2 Å². The van der Waals surface area contributed by atoms with Crippen LogP contribution in [0.5, 0.6) is 5.75 Å². The van der Waals surface area contributed by atoms with Crippen LogP contribution >= 0.6 is 24.0 Å². The van der Waals surface area contributed by atoms with Gasteiger partial charge >= 0.3 is 11.9 Å². The number of hydrogen-bond donors (Lipinski definition) is 1. The molecule has 1 aliphatic heterocycles. The zero-order valence-electron chi connectivity index (χ0n) is 17.2. The van der Waals surface area contributed by atoms with Gasteiger partial charge in [0, 0.05) is 20.0 Å². The molecule has 166 valence electrons. The van der Waals surface area contributed by atoms with Gasteiger partial charge < -0.3 is 14.8 Å². The molecule has 0 aromatic heterocycles. The molecule has 1 fully saturated rings. The minimum Gasteiger partial charge on any atom is -0.452 e. The number of benzene rings is 2. The minimum atomic E-state index is -0.621. The number of nitrogens with one attached hydrogen (secondary N) is 1. The summed E-state index contributed by atoms with van der Waals surface area (Å²) in [7, 11) is 0. The van der Waals surface area contributed by atoms with Gasteiger partial charge in [0.2, 0.25) is 5.91 Å². The monoisotopic (exact) mass is 472 g/mol. The second-order valence-electron chi connectivity index (χ2n) is 6.72. The summed E-state index contributed by atoms with van der Waals surface area (Å²) in [6, 6.07) is 13.7. The van der Waals surface area contributed by atoms with Crippen LogP contribution in [0.3, 0.4) is 0 Å². The first-order valence-electron chi connectivity index (χ1n) is 9.63. The Hall–Kier alpha value is -3.24. The van der Waals surface area contributed by atoms with E-state index >= 15 is 0 Å². The summed E-state index contributed by atoms with van der Waals surface area (Å²) in [5.74, 6) is -0.780. The highest BCUT2D eigenvalue weighted by Crippen LogP contribution is 2.23. The van der Waals surface area contributed by atoms with E-state index in [4.69, 9.17) is 21.7 Å². The van der Waals surface area contributed by atoms with Gasteiger partial charge in [-0.25, -0.2) is 4.79 Å². The lowest BCUT2D eigenvalue weighted by molar-refractivity contribution is -0.132. The molecule has 0 atom stereocenters. The Balaban J connectivity index is 1.45. The van der Waals surface area contributed by atoms with Gasteiger partial charge in [-0.15, -0.1) is 0 Å². The van der Waals surface area contributed by atoms with Gasteiger partial charge in [0.25, 0.3) is 5.91 Å². The maximum Gasteiger partial charge on any atom is 0.338 e. The van der Waals surface area contributed by atoms with Gasteiger partial charge in [0.1, 0.15) is 10.1 Å². The predicted molar refractivity (Wildman–Crippen MR) is 123 cm³/mol. The fraction of sp³-hybridized carbons (Fsp3) is 0.227. The van der Waals surface area contributed by atoms with Crippen molar-refractivity contribution in [1.29, 1.82) is 0 Å². The SMILES string of the molecule is CC(=O)Oc1ccc(-c2ccc(C(=O)OCC(=O)NCCN3C(=O)CSC3=S)cc2)cc1. The van der Waals surface area contributed by atoms with Gasteiger partial charge in [-0.1, -0.05) is 48.2 Å². The van der Waals surface area contributed by atoms with Gasteiger partial charge in [-0.2, -0.15) is 0 Å². The van der Waals surface area contributed by atoms with Crippen molar-refractivity contribution in [3.63, 3.8) is 0 Å². The van der Waals surface area contributed by atoms with Crippen molar-refractivity contribution in [3.8, 4) is 16.9 Å². The smallest absolute Gasteiger partial charge is 0.338 e. The maximum atomic E-state index is 12.2. The topological polar surface area (TPSA) is 102 Å². The summed E-state index contributed by atoms with van der Waals surface area (Å²) in [6.07, 6.45) is 0. The molecule has 1 heterocycles. The van der Waals surface area contributed by atoms with E-state index in [0.717, 1.165) is 11.1 Å². The van der Waals surface area contributed by atoms with E-state index in [-0.39, 0.29) is 25.0 Å². The second-order valence-corrected chi connectivity index (χ2v) is 8.33. The zero-order valence-corrected chi connectivity index (χ0v) is 18.8. The molecule has 1 N–H and O–H groups in total. The van der Waals surface area contributed by atoms with E-state index in [2.05, 4.69) is 5.32 Å². The summed E-state index contributed by atoms with van der Waals surface area (Å²) < 4.78 is 10.5. The third-order valence-corrected chi connectivity index (χ3v) is 5.83. The number of esters is 2. The molecule has 0 spiro atoms. The third-order valence-electron chi connectivity index (χ3n) is 4.40. The summed E-state index contributed by atoms with van der Waals surface area (Å²) >= 11 is 6.36. The number of carbonyl (C=O) groups excluding carboxylic acids is 4. The van der Waals surface area contributed by atoms with Crippen molar-refractivity contribution in [2.24, 2.45) is 0 Å². The molecule has 0 saturated carbocycles. The van der Waals surface area contributed by atoms with Crippen LogP contribution in [0.25, 0.3) is 11.1 Å². The average molecular weight is 473 g/mol. The number of ether oxygens (including phenoxy) is 2. The number of nitrogens with zero attached hydrogens (tertiary/aromatic N) is 1. The van der Waals surface area contributed by atoms with E-state index in [0.29, 0.717) is 21.4 Å². The molecule has 3 rings (SSSR count). The molecular formula is C22H20N2O6S2. The minimum absolute atomic E-state index is 0.0792. The lowest BCUT2D eigenvalue weighted by atomic mass is 10.0. The Morgan fingerprint density at radius 3 is 2.25 bits per heavy atom. The van der Waals surface area contributed by atoms with Crippen molar-refractivity contribution < 1.29 is 28.7 Å². The van der Waals surface area contributed by atoms with E-state index in [1.54, 1.807) is 48.5 Å². The van der Waals surface area contributed by atoms with Crippen molar-refractivity contribution >= 4 is 52.1 Å². The molecular weight excluding hydrogens is 452 g/mol. The first-order valence-corrected chi connectivity index (χ1v) is 11.0. The quantitative estimate of drug-likeness (QED) is 0.355. The van der Waals surface area contributed by atoms with Crippen LogP contribution in [0, 0.1) is 0 Å². The summed E-state index contributed by atoms with van der Waals surface area (Å²) in [4.78, 5) is 48.1. The highest BCUT2D eigenvalue weighted by Gasteiger charge is 2.26. The molecule has 0 radical (unpaired) electrons. The Kier molecular flexibility index (Phi) is 7.96. The summed E-state index contributed by atoms with van der Waals surface area (Å²) in [5.41, 5.74) is 2.05. The second kappa shape index (κ2) is 10.9. The Labute approximate surface area is 194 Å². The first-order chi connectivity index (χ1) is 15.3. The van der Waals surface area contributed by atoms with Gasteiger partial charge in [0.15, 0.2) is 6.61 Å². The standard InChI is InChI=1S/C22H20N2O6S2/c1-14(25)30-18-8-6-16(7-9-18)15-2-4-17(5-3-15)21(28)29-12-19(26)23-10-11-24-20(27)13-32-22(24)31/h2-9H,10-13H2,1H3,(H,23,26). The van der Waals surface area contributed by atoms with E-state index in [1.165, 1.54) is 23.6 Å². The molecule has 0 unspecified atom stereocenters. The van der Waals surface area contributed by atoms with Crippen LogP contribution in [0.4, 0.5) is 0 Å². The van der Waals surface area contributed by atoms with Crippen LogP contribution in [0.2, 0.25) is 0 Å². The lowest BCUT2D eigenvalue weighted by Gasteiger charge is -2.15. The number of carbonyl (C=O) groups is 4. The van der Waals surface area contributed by atoms with E-state index in [1.807, 2.05) is 0 Å². The largest absolute Gasteiger partial charge is 0.452 e.